The Morgan fingerprint density at radius 3 is 2.52 bits per heavy atom. The lowest BCUT2D eigenvalue weighted by Crippen LogP contribution is -2.29. The van der Waals surface area contributed by atoms with Crippen LogP contribution in [0.15, 0.2) is 24.3 Å². The van der Waals surface area contributed by atoms with Crippen LogP contribution in [-0.2, 0) is 9.59 Å². The van der Waals surface area contributed by atoms with Crippen LogP contribution in [0.1, 0.15) is 36.0 Å². The van der Waals surface area contributed by atoms with Crippen molar-refractivity contribution >= 4 is 51.7 Å². The number of carbonyl (C=O) groups excluding carboxylic acids is 3. The van der Waals surface area contributed by atoms with Crippen LogP contribution in [0.4, 0.5) is 5.69 Å². The molecule has 1 heterocycles. The van der Waals surface area contributed by atoms with Crippen molar-refractivity contribution in [2.24, 2.45) is 0 Å². The molecular formula is C17H21N3O3S2. The maximum atomic E-state index is 11.9. The van der Waals surface area contributed by atoms with Gasteiger partial charge in [-0.05, 0) is 37.1 Å². The lowest BCUT2D eigenvalue weighted by molar-refractivity contribution is -0.124. The fraction of sp³-hybridized carbons (Fsp3) is 0.412. The summed E-state index contributed by atoms with van der Waals surface area (Å²) in [7, 11) is 1.57. The molecule has 0 unspecified atom stereocenters. The molecule has 0 atom stereocenters. The minimum atomic E-state index is -0.160. The van der Waals surface area contributed by atoms with E-state index in [-0.39, 0.29) is 17.7 Å². The molecule has 0 spiro atoms. The van der Waals surface area contributed by atoms with Crippen molar-refractivity contribution in [1.29, 1.82) is 0 Å². The van der Waals surface area contributed by atoms with Crippen LogP contribution in [0, 0.1) is 0 Å². The molecule has 8 heteroatoms. The van der Waals surface area contributed by atoms with Crippen LogP contribution < -0.4 is 10.6 Å². The maximum Gasteiger partial charge on any atom is 0.251 e. The fourth-order valence-electron chi connectivity index (χ4n) is 2.40. The minimum Gasteiger partial charge on any atom is -0.355 e. The summed E-state index contributed by atoms with van der Waals surface area (Å²) < 4.78 is 0.656. The molecule has 1 aliphatic rings. The molecule has 0 saturated carbocycles. The summed E-state index contributed by atoms with van der Waals surface area (Å²) in [6.07, 6.45) is 2.87. The van der Waals surface area contributed by atoms with Gasteiger partial charge in [0.1, 0.15) is 4.32 Å². The predicted molar refractivity (Wildman–Crippen MR) is 104 cm³/mol. The van der Waals surface area contributed by atoms with Gasteiger partial charge >= 0.3 is 0 Å². The molecule has 134 valence electrons. The molecule has 0 radical (unpaired) electrons. The van der Waals surface area contributed by atoms with Gasteiger partial charge < -0.3 is 10.6 Å². The van der Waals surface area contributed by atoms with Crippen LogP contribution in [0.5, 0.6) is 0 Å². The summed E-state index contributed by atoms with van der Waals surface area (Å²) in [4.78, 5) is 36.6. The number of amides is 3. The highest BCUT2D eigenvalue weighted by molar-refractivity contribution is 8.23. The topological polar surface area (TPSA) is 78.5 Å². The Morgan fingerprint density at radius 2 is 1.92 bits per heavy atom. The Morgan fingerprint density at radius 1 is 1.20 bits per heavy atom. The van der Waals surface area contributed by atoms with E-state index in [2.05, 4.69) is 10.6 Å². The maximum absolute atomic E-state index is 11.9. The summed E-state index contributed by atoms with van der Waals surface area (Å²) in [6.45, 7) is 0.632. The number of rotatable bonds is 8. The normalized spacial score (nSPS) is 13.9. The first kappa shape index (κ1) is 19.4. The zero-order valence-electron chi connectivity index (χ0n) is 14.0. The van der Waals surface area contributed by atoms with E-state index in [1.54, 1.807) is 36.2 Å². The van der Waals surface area contributed by atoms with E-state index >= 15 is 0 Å². The number of benzene rings is 1. The van der Waals surface area contributed by atoms with Gasteiger partial charge in [0.2, 0.25) is 11.8 Å². The SMILES string of the molecule is CNC(=O)c1ccc(NC(=O)CCCCCN2C(=O)CSC2=S)cc1. The van der Waals surface area contributed by atoms with Gasteiger partial charge in [0.05, 0.1) is 5.75 Å². The van der Waals surface area contributed by atoms with E-state index in [4.69, 9.17) is 12.2 Å². The second kappa shape index (κ2) is 9.53. The first-order valence-corrected chi connectivity index (χ1v) is 9.50. The van der Waals surface area contributed by atoms with Crippen molar-refractivity contribution in [3.8, 4) is 0 Å². The number of hydrogen-bond donors (Lipinski definition) is 2. The van der Waals surface area contributed by atoms with Gasteiger partial charge in [0.25, 0.3) is 5.91 Å². The van der Waals surface area contributed by atoms with Gasteiger partial charge in [-0.3, -0.25) is 19.3 Å². The number of nitrogens with one attached hydrogen (secondary N) is 2. The van der Waals surface area contributed by atoms with Gasteiger partial charge in [0, 0.05) is 31.3 Å². The third kappa shape index (κ3) is 5.82. The average molecular weight is 380 g/mol. The van der Waals surface area contributed by atoms with Gasteiger partial charge in [-0.1, -0.05) is 30.4 Å². The molecule has 1 aliphatic heterocycles. The monoisotopic (exact) mass is 379 g/mol. The van der Waals surface area contributed by atoms with Gasteiger partial charge in [-0.15, -0.1) is 0 Å². The highest BCUT2D eigenvalue weighted by Crippen LogP contribution is 2.20. The Hall–Kier alpha value is -1.93. The molecule has 1 saturated heterocycles. The zero-order valence-corrected chi connectivity index (χ0v) is 15.7. The quantitative estimate of drug-likeness (QED) is 0.536. The predicted octanol–water partition coefficient (Wildman–Crippen LogP) is 2.41. The molecule has 6 nitrogen and oxygen atoms in total. The molecule has 2 N–H and O–H groups in total. The van der Waals surface area contributed by atoms with Gasteiger partial charge in [0.15, 0.2) is 0 Å². The van der Waals surface area contributed by atoms with Crippen molar-refractivity contribution in [2.75, 3.05) is 24.7 Å². The molecule has 0 aromatic heterocycles. The number of carbonyl (C=O) groups is 3. The zero-order chi connectivity index (χ0) is 18.2. The molecule has 3 amide bonds. The lowest BCUT2D eigenvalue weighted by atomic mass is 10.1. The molecule has 0 aliphatic carbocycles. The minimum absolute atomic E-state index is 0.0592. The van der Waals surface area contributed by atoms with E-state index in [1.807, 2.05) is 0 Å². The highest BCUT2D eigenvalue weighted by atomic mass is 32.2. The smallest absolute Gasteiger partial charge is 0.251 e. The van der Waals surface area contributed by atoms with Crippen molar-refractivity contribution in [3.05, 3.63) is 29.8 Å². The highest BCUT2D eigenvalue weighted by Gasteiger charge is 2.25. The van der Waals surface area contributed by atoms with E-state index in [0.29, 0.717) is 34.3 Å². The Balaban J connectivity index is 1.64. The van der Waals surface area contributed by atoms with Crippen LogP contribution in [0.3, 0.4) is 0 Å². The van der Waals surface area contributed by atoms with Crippen LogP contribution >= 0.6 is 24.0 Å². The summed E-state index contributed by atoms with van der Waals surface area (Å²) in [5.41, 5.74) is 1.22. The summed E-state index contributed by atoms with van der Waals surface area (Å²) in [6, 6.07) is 6.75. The number of thiocarbonyl (C=S) groups is 1. The Labute approximate surface area is 156 Å². The average Bonchev–Trinajstić information content (AvgIpc) is 2.93. The second-order valence-electron chi connectivity index (χ2n) is 5.62. The number of nitrogens with zero attached hydrogens (tertiary/aromatic N) is 1. The van der Waals surface area contributed by atoms with Crippen LogP contribution in [0.2, 0.25) is 0 Å². The summed E-state index contributed by atoms with van der Waals surface area (Å²) in [5, 5.41) is 5.36. The second-order valence-corrected chi connectivity index (χ2v) is 7.22. The first-order valence-electron chi connectivity index (χ1n) is 8.10. The van der Waals surface area contributed by atoms with Crippen LogP contribution in [0.25, 0.3) is 0 Å². The molecule has 0 bridgehead atoms. The first-order chi connectivity index (χ1) is 12.0. The largest absolute Gasteiger partial charge is 0.355 e. The van der Waals surface area contributed by atoms with Gasteiger partial charge in [-0.2, -0.15) is 0 Å². The van der Waals surface area contributed by atoms with Crippen molar-refractivity contribution < 1.29 is 14.4 Å². The lowest BCUT2D eigenvalue weighted by Gasteiger charge is -2.14. The Bertz CT molecular complexity index is 646. The van der Waals surface area contributed by atoms with E-state index < -0.39 is 0 Å². The number of thioether (sulfide) groups is 1. The molecule has 2 rings (SSSR count). The summed E-state index contributed by atoms with van der Waals surface area (Å²) >= 11 is 6.53. The molecule has 1 aromatic rings. The summed E-state index contributed by atoms with van der Waals surface area (Å²) in [5.74, 6) is 0.302. The van der Waals surface area contributed by atoms with Crippen molar-refractivity contribution in [1.82, 2.24) is 10.2 Å². The Kier molecular flexibility index (Phi) is 7.39. The molecule has 1 fully saturated rings. The van der Waals surface area contributed by atoms with E-state index in [1.165, 1.54) is 11.8 Å². The molecular weight excluding hydrogens is 358 g/mol. The fourth-order valence-corrected chi connectivity index (χ4v) is 3.52. The standard InChI is InChI=1S/C17H21N3O3S2/c1-18-16(23)12-6-8-13(9-7-12)19-14(21)5-3-2-4-10-20-15(22)11-25-17(20)24/h6-9H,2-5,10-11H2,1H3,(H,18,23)(H,19,21). The molecule has 25 heavy (non-hydrogen) atoms. The van der Waals surface area contributed by atoms with E-state index in [9.17, 15) is 14.4 Å². The third-order valence-corrected chi connectivity index (χ3v) is 5.22. The molecule has 1 aromatic carbocycles. The van der Waals surface area contributed by atoms with E-state index in [0.717, 1.165) is 19.3 Å². The third-order valence-electron chi connectivity index (χ3n) is 3.78. The van der Waals surface area contributed by atoms with Crippen LogP contribution in [-0.4, -0.2) is 46.3 Å². The number of unbranched alkanes of at least 4 members (excludes halogenated alkanes) is 2. The van der Waals surface area contributed by atoms with Crippen molar-refractivity contribution in [3.63, 3.8) is 0 Å². The number of hydrogen-bond acceptors (Lipinski definition) is 5. The number of anilines is 1. The van der Waals surface area contributed by atoms with Crippen molar-refractivity contribution in [2.45, 2.75) is 25.7 Å². The van der Waals surface area contributed by atoms with Gasteiger partial charge in [-0.25, -0.2) is 0 Å².